The quantitative estimate of drug-likeness (QED) is 0.700. The first-order valence-corrected chi connectivity index (χ1v) is 7.59. The van der Waals surface area contributed by atoms with Crippen LogP contribution in [0.4, 0.5) is 0 Å². The third-order valence-electron chi connectivity index (χ3n) is 3.99. The molecule has 0 amide bonds. The Balaban J connectivity index is 1.49. The van der Waals surface area contributed by atoms with Crippen LogP contribution in [-0.4, -0.2) is 16.2 Å². The molecule has 2 heteroatoms. The highest BCUT2D eigenvalue weighted by Crippen LogP contribution is 2.17. The first kappa shape index (κ1) is 13.9. The zero-order chi connectivity index (χ0) is 14.5. The smallest absolute Gasteiger partial charge is 0.0546 e. The van der Waals surface area contributed by atoms with E-state index in [1.807, 2.05) is 24.4 Å². The predicted octanol–water partition coefficient (Wildman–Crippen LogP) is 4.09. The van der Waals surface area contributed by atoms with Gasteiger partial charge in [-0.25, -0.2) is 0 Å². The number of hydrogen-bond acceptors (Lipinski definition) is 1. The fourth-order valence-electron chi connectivity index (χ4n) is 2.71. The summed E-state index contributed by atoms with van der Waals surface area (Å²) in [7, 11) is 0. The molecule has 2 N–H and O–H groups in total. The fourth-order valence-corrected chi connectivity index (χ4v) is 2.71. The Hall–Kier alpha value is -2.06. The maximum atomic E-state index is 10.1. The lowest BCUT2D eigenvalue weighted by Crippen LogP contribution is -2.09. The molecule has 0 radical (unpaired) electrons. The zero-order valence-corrected chi connectivity index (χ0v) is 12.1. The van der Waals surface area contributed by atoms with Crippen LogP contribution in [0.5, 0.6) is 0 Å². The van der Waals surface area contributed by atoms with Gasteiger partial charge in [0.25, 0.3) is 0 Å². The topological polar surface area (TPSA) is 36.0 Å². The lowest BCUT2D eigenvalue weighted by atomic mass is 10.0. The van der Waals surface area contributed by atoms with Crippen molar-refractivity contribution >= 4 is 10.9 Å². The Morgan fingerprint density at radius 3 is 2.43 bits per heavy atom. The van der Waals surface area contributed by atoms with Crippen molar-refractivity contribution in [3.8, 4) is 0 Å². The molecule has 0 saturated carbocycles. The Morgan fingerprint density at radius 2 is 1.62 bits per heavy atom. The van der Waals surface area contributed by atoms with Gasteiger partial charge in [-0.15, -0.1) is 0 Å². The summed E-state index contributed by atoms with van der Waals surface area (Å²) in [5, 5.41) is 11.4. The average Bonchev–Trinajstić information content (AvgIpc) is 2.99. The summed E-state index contributed by atoms with van der Waals surface area (Å²) in [5.41, 5.74) is 3.76. The minimum absolute atomic E-state index is 0.230. The van der Waals surface area contributed by atoms with Crippen molar-refractivity contribution in [1.29, 1.82) is 0 Å². The lowest BCUT2D eigenvalue weighted by Gasteiger charge is -2.10. The second kappa shape index (κ2) is 6.59. The molecule has 0 spiro atoms. The maximum absolute atomic E-state index is 10.1. The van der Waals surface area contributed by atoms with Crippen molar-refractivity contribution in [2.75, 3.05) is 0 Å². The van der Waals surface area contributed by atoms with Gasteiger partial charge in [-0.3, -0.25) is 0 Å². The lowest BCUT2D eigenvalue weighted by molar-refractivity contribution is 0.155. The molecule has 0 aliphatic carbocycles. The average molecular weight is 279 g/mol. The van der Waals surface area contributed by atoms with Crippen molar-refractivity contribution in [2.45, 2.75) is 31.8 Å². The third-order valence-corrected chi connectivity index (χ3v) is 3.99. The van der Waals surface area contributed by atoms with Crippen molar-refractivity contribution in [1.82, 2.24) is 4.98 Å². The van der Waals surface area contributed by atoms with Crippen molar-refractivity contribution in [3.63, 3.8) is 0 Å². The first-order valence-electron chi connectivity index (χ1n) is 7.59. The number of aryl methyl sites for hydroxylation is 2. The highest BCUT2D eigenvalue weighted by molar-refractivity contribution is 5.79. The van der Waals surface area contributed by atoms with Crippen LogP contribution in [0.3, 0.4) is 0 Å². The monoisotopic (exact) mass is 279 g/mol. The van der Waals surface area contributed by atoms with E-state index < -0.39 is 0 Å². The van der Waals surface area contributed by atoms with Crippen LogP contribution in [-0.2, 0) is 12.8 Å². The third kappa shape index (κ3) is 3.73. The van der Waals surface area contributed by atoms with E-state index in [4.69, 9.17) is 0 Å². The molecule has 2 aromatic carbocycles. The van der Waals surface area contributed by atoms with E-state index in [-0.39, 0.29) is 6.10 Å². The van der Waals surface area contributed by atoms with Gasteiger partial charge in [0.15, 0.2) is 0 Å². The number of hydrogen-bond donors (Lipinski definition) is 2. The Kier molecular flexibility index (Phi) is 4.37. The number of fused-ring (bicyclic) bond motifs is 1. The van der Waals surface area contributed by atoms with Gasteiger partial charge < -0.3 is 10.1 Å². The molecule has 1 aromatic heterocycles. The van der Waals surface area contributed by atoms with Crippen molar-refractivity contribution in [3.05, 3.63) is 71.9 Å². The van der Waals surface area contributed by atoms with Gasteiger partial charge in [-0.2, -0.15) is 0 Å². The van der Waals surface area contributed by atoms with Crippen LogP contribution < -0.4 is 0 Å². The fraction of sp³-hybridized carbons (Fsp3) is 0.263. The Bertz CT molecular complexity index is 687. The molecule has 0 bridgehead atoms. The van der Waals surface area contributed by atoms with Gasteiger partial charge >= 0.3 is 0 Å². The number of H-pyrrole nitrogens is 1. The van der Waals surface area contributed by atoms with E-state index in [0.717, 1.165) is 25.7 Å². The number of nitrogens with one attached hydrogen (secondary N) is 1. The summed E-state index contributed by atoms with van der Waals surface area (Å²) >= 11 is 0. The molecule has 0 saturated heterocycles. The Morgan fingerprint density at radius 1 is 0.857 bits per heavy atom. The minimum Gasteiger partial charge on any atom is -0.393 e. The maximum Gasteiger partial charge on any atom is 0.0546 e. The van der Waals surface area contributed by atoms with Gasteiger partial charge in [0.1, 0.15) is 0 Å². The van der Waals surface area contributed by atoms with Gasteiger partial charge in [0.2, 0.25) is 0 Å². The minimum atomic E-state index is -0.230. The number of aliphatic hydroxyl groups excluding tert-OH is 1. The molecule has 1 atom stereocenters. The number of aliphatic hydroxyl groups is 1. The molecule has 0 aliphatic heterocycles. The van der Waals surface area contributed by atoms with Gasteiger partial charge in [-0.05, 0) is 60.4 Å². The largest absolute Gasteiger partial charge is 0.393 e. The molecule has 1 unspecified atom stereocenters. The second-order valence-corrected chi connectivity index (χ2v) is 5.62. The van der Waals surface area contributed by atoms with Gasteiger partial charge in [0.05, 0.1) is 6.10 Å². The molecule has 2 nitrogen and oxygen atoms in total. The molecule has 0 fully saturated rings. The summed E-state index contributed by atoms with van der Waals surface area (Å²) in [6, 6.07) is 18.9. The summed E-state index contributed by atoms with van der Waals surface area (Å²) in [6.45, 7) is 0. The Labute approximate surface area is 125 Å². The number of aromatic nitrogens is 1. The number of aromatic amines is 1. The van der Waals surface area contributed by atoms with Crippen LogP contribution in [0.2, 0.25) is 0 Å². The van der Waals surface area contributed by atoms with Crippen LogP contribution in [0.25, 0.3) is 10.9 Å². The molecule has 3 aromatic rings. The first-order chi connectivity index (χ1) is 10.3. The molecule has 0 aliphatic rings. The van der Waals surface area contributed by atoms with Crippen LogP contribution in [0.15, 0.2) is 60.8 Å². The predicted molar refractivity (Wildman–Crippen MR) is 87.4 cm³/mol. The summed E-state index contributed by atoms with van der Waals surface area (Å²) in [4.78, 5) is 3.20. The van der Waals surface area contributed by atoms with Crippen LogP contribution in [0, 0.1) is 0 Å². The molecule has 1 heterocycles. The van der Waals surface area contributed by atoms with E-state index in [1.54, 1.807) is 0 Å². The van der Waals surface area contributed by atoms with Crippen LogP contribution in [0.1, 0.15) is 24.0 Å². The number of rotatable bonds is 6. The summed E-state index contributed by atoms with van der Waals surface area (Å²) in [6.07, 6.45) is 5.25. The van der Waals surface area contributed by atoms with Crippen molar-refractivity contribution < 1.29 is 5.11 Å². The van der Waals surface area contributed by atoms with E-state index in [1.165, 1.54) is 22.0 Å². The van der Waals surface area contributed by atoms with E-state index in [9.17, 15) is 5.11 Å². The second-order valence-electron chi connectivity index (χ2n) is 5.62. The van der Waals surface area contributed by atoms with Gasteiger partial charge in [0, 0.05) is 11.7 Å². The number of benzene rings is 2. The standard InChI is InChI=1S/C19H21NO/c21-18(9-6-15-4-2-1-3-5-15)10-7-16-8-11-19-17(14-16)12-13-20-19/h1-5,8,11-14,18,20-21H,6-7,9-10H2. The van der Waals surface area contributed by atoms with Crippen molar-refractivity contribution in [2.24, 2.45) is 0 Å². The van der Waals surface area contributed by atoms with Crippen LogP contribution >= 0.6 is 0 Å². The molecule has 3 rings (SSSR count). The summed E-state index contributed by atoms with van der Waals surface area (Å²) < 4.78 is 0. The zero-order valence-electron chi connectivity index (χ0n) is 12.1. The normalized spacial score (nSPS) is 12.6. The SMILES string of the molecule is OC(CCc1ccccc1)CCc1ccc2[nH]ccc2c1. The highest BCUT2D eigenvalue weighted by atomic mass is 16.3. The van der Waals surface area contributed by atoms with E-state index >= 15 is 0 Å². The highest BCUT2D eigenvalue weighted by Gasteiger charge is 2.06. The van der Waals surface area contributed by atoms with Gasteiger partial charge in [-0.1, -0.05) is 36.4 Å². The molecular formula is C19H21NO. The van der Waals surface area contributed by atoms with E-state index in [2.05, 4.69) is 41.4 Å². The molecular weight excluding hydrogens is 258 g/mol. The van der Waals surface area contributed by atoms with E-state index in [0.29, 0.717) is 0 Å². The molecule has 21 heavy (non-hydrogen) atoms. The molecule has 108 valence electrons. The summed E-state index contributed by atoms with van der Waals surface area (Å²) in [5.74, 6) is 0.